The summed E-state index contributed by atoms with van der Waals surface area (Å²) < 4.78 is 2.61. The molecule has 3 aliphatic heterocycles. The molecule has 7 aromatic carbocycles. The Kier molecular flexibility index (Phi) is 6.35. The molecule has 11 rings (SSSR count). The van der Waals surface area contributed by atoms with Gasteiger partial charge in [-0.3, -0.25) is 10.2 Å². The lowest BCUT2D eigenvalue weighted by Crippen LogP contribution is -2.45. The van der Waals surface area contributed by atoms with E-state index in [4.69, 9.17) is 4.99 Å². The number of aromatic nitrogens is 1. The minimum Gasteiger partial charge on any atom is -0.351 e. The molecule has 8 aromatic rings. The highest BCUT2D eigenvalue weighted by Gasteiger charge is 2.56. The van der Waals surface area contributed by atoms with E-state index in [2.05, 4.69) is 184 Å². The van der Waals surface area contributed by atoms with Gasteiger partial charge < -0.3 is 9.88 Å². The summed E-state index contributed by atoms with van der Waals surface area (Å²) in [6, 6.07) is 57.3. The van der Waals surface area contributed by atoms with E-state index in [9.17, 15) is 0 Å². The molecule has 5 heteroatoms. The Bertz CT molecular complexity index is 2710. The molecule has 3 aliphatic rings. The van der Waals surface area contributed by atoms with Crippen LogP contribution in [0.2, 0.25) is 0 Å². The lowest BCUT2D eigenvalue weighted by molar-refractivity contribution is 0.408. The van der Waals surface area contributed by atoms with Crippen LogP contribution < -0.4 is 10.6 Å². The molecule has 5 atom stereocenters. The van der Waals surface area contributed by atoms with E-state index in [1.54, 1.807) is 0 Å². The molecule has 1 saturated heterocycles. The summed E-state index contributed by atoms with van der Waals surface area (Å²) in [4.78, 5) is 7.98. The Labute approximate surface area is 296 Å². The molecule has 2 N–H and O–H groups in total. The van der Waals surface area contributed by atoms with Crippen LogP contribution in [0.25, 0.3) is 54.5 Å². The third-order valence-corrected chi connectivity index (χ3v) is 11.2. The van der Waals surface area contributed by atoms with E-state index < -0.39 is 0 Å². The normalized spacial score (nSPS) is 22.5. The molecule has 1 fully saturated rings. The number of benzene rings is 7. The Morgan fingerprint density at radius 1 is 0.569 bits per heavy atom. The minimum absolute atomic E-state index is 0.0903. The molecule has 5 unspecified atom stereocenters. The van der Waals surface area contributed by atoms with Crippen LogP contribution in [0.3, 0.4) is 0 Å². The van der Waals surface area contributed by atoms with Gasteiger partial charge in [-0.25, -0.2) is 4.99 Å². The fourth-order valence-electron chi connectivity index (χ4n) is 8.66. The number of hydrogen-bond acceptors (Lipinski definition) is 4. The second-order valence-corrected chi connectivity index (χ2v) is 14.0. The van der Waals surface area contributed by atoms with Crippen molar-refractivity contribution in [3.8, 4) is 11.1 Å². The molecule has 0 aliphatic carbocycles. The number of nitrogens with zero attached hydrogens (tertiary/aromatic N) is 3. The van der Waals surface area contributed by atoms with E-state index in [0.29, 0.717) is 0 Å². The highest BCUT2D eigenvalue weighted by atomic mass is 15.5. The fraction of sp³-hybridized carbons (Fsp3) is 0.109. The van der Waals surface area contributed by atoms with Crippen molar-refractivity contribution in [2.45, 2.75) is 24.5 Å². The fourth-order valence-corrected chi connectivity index (χ4v) is 8.66. The third-order valence-electron chi connectivity index (χ3n) is 11.2. The number of nitrogens with one attached hydrogen (secondary N) is 2. The van der Waals surface area contributed by atoms with Gasteiger partial charge in [0.15, 0.2) is 0 Å². The molecule has 244 valence electrons. The first-order valence-electron chi connectivity index (χ1n) is 17.9. The van der Waals surface area contributed by atoms with E-state index in [1.807, 2.05) is 0 Å². The molecule has 5 nitrogen and oxygen atoms in total. The summed E-state index contributed by atoms with van der Waals surface area (Å²) in [5.74, 6) is 0.979. The van der Waals surface area contributed by atoms with Gasteiger partial charge in [-0.2, -0.15) is 0 Å². The van der Waals surface area contributed by atoms with Crippen LogP contribution in [-0.2, 0) is 0 Å². The molecular weight excluding hydrogens is 623 g/mol. The summed E-state index contributed by atoms with van der Waals surface area (Å²) in [6.07, 6.45) is 2.33. The SMILES string of the molecule is C1=C(C2=NC(c3ccccc3)NC(c3ccc4ccccc4c3)N2)C2C(n3c4cc(-c5ccccc5)ccc4c4c5ccccc5ccc43)N2C1. The van der Waals surface area contributed by atoms with Crippen LogP contribution in [0.15, 0.2) is 174 Å². The average molecular weight is 658 g/mol. The highest BCUT2D eigenvalue weighted by Crippen LogP contribution is 2.52. The topological polar surface area (TPSA) is 44.4 Å². The van der Waals surface area contributed by atoms with Crippen molar-refractivity contribution in [3.05, 3.63) is 181 Å². The van der Waals surface area contributed by atoms with Crippen LogP contribution in [-0.4, -0.2) is 27.9 Å². The van der Waals surface area contributed by atoms with Gasteiger partial charge in [0.1, 0.15) is 24.3 Å². The van der Waals surface area contributed by atoms with E-state index in [0.717, 1.165) is 17.9 Å². The van der Waals surface area contributed by atoms with Crippen LogP contribution in [0, 0.1) is 0 Å². The quantitative estimate of drug-likeness (QED) is 0.181. The zero-order valence-electron chi connectivity index (χ0n) is 27.9. The van der Waals surface area contributed by atoms with E-state index in [-0.39, 0.29) is 24.5 Å². The molecule has 0 amide bonds. The summed E-state index contributed by atoms with van der Waals surface area (Å²) in [5.41, 5.74) is 8.67. The number of fused-ring (bicyclic) bond motifs is 7. The summed E-state index contributed by atoms with van der Waals surface area (Å²) in [7, 11) is 0. The van der Waals surface area contributed by atoms with Gasteiger partial charge in [0.05, 0.1) is 17.1 Å². The molecule has 1 aromatic heterocycles. The molecular formula is C46H35N5. The number of amidine groups is 1. The standard InChI is InChI=1S/C46H35N5/c1-3-11-29(12-4-1)34-21-23-37-40(28-34)51(39-24-22-31-14-9-10-18-36(31)41(37)39)46-42-38(25-26-50(42)46)45-48-43(32-15-5-2-6-16-32)47-44(49-45)35-20-19-30-13-7-8-17-33(30)27-35/h1-25,27-28,42-44,46-47H,26H2,(H,48,49). The van der Waals surface area contributed by atoms with Crippen molar-refractivity contribution in [1.82, 2.24) is 20.1 Å². The van der Waals surface area contributed by atoms with Gasteiger partial charge in [-0.1, -0.05) is 146 Å². The Balaban J connectivity index is 1.03. The van der Waals surface area contributed by atoms with Crippen molar-refractivity contribution >= 4 is 49.2 Å². The van der Waals surface area contributed by atoms with Crippen molar-refractivity contribution in [3.63, 3.8) is 0 Å². The van der Waals surface area contributed by atoms with Gasteiger partial charge in [0.25, 0.3) is 0 Å². The first-order valence-corrected chi connectivity index (χ1v) is 17.9. The predicted octanol–water partition coefficient (Wildman–Crippen LogP) is 9.88. The maximum atomic E-state index is 5.37. The van der Waals surface area contributed by atoms with Crippen LogP contribution in [0.1, 0.15) is 29.6 Å². The van der Waals surface area contributed by atoms with Crippen molar-refractivity contribution < 1.29 is 0 Å². The average Bonchev–Trinajstić information content (AvgIpc) is 3.54. The smallest absolute Gasteiger partial charge is 0.129 e. The second-order valence-electron chi connectivity index (χ2n) is 14.0. The minimum atomic E-state index is -0.167. The van der Waals surface area contributed by atoms with Crippen LogP contribution in [0.5, 0.6) is 0 Å². The largest absolute Gasteiger partial charge is 0.351 e. The first-order chi connectivity index (χ1) is 25.3. The molecule has 0 bridgehead atoms. The highest BCUT2D eigenvalue weighted by molar-refractivity contribution is 6.21. The van der Waals surface area contributed by atoms with Gasteiger partial charge in [-0.15, -0.1) is 0 Å². The van der Waals surface area contributed by atoms with Crippen LogP contribution >= 0.6 is 0 Å². The zero-order valence-corrected chi connectivity index (χ0v) is 27.9. The van der Waals surface area contributed by atoms with E-state index in [1.165, 1.54) is 65.6 Å². The molecule has 51 heavy (non-hydrogen) atoms. The van der Waals surface area contributed by atoms with Gasteiger partial charge in [-0.05, 0) is 62.0 Å². The third kappa shape index (κ3) is 4.59. The Hall–Kier alpha value is -6.01. The zero-order chi connectivity index (χ0) is 33.5. The predicted molar refractivity (Wildman–Crippen MR) is 210 cm³/mol. The maximum absolute atomic E-state index is 5.37. The number of rotatable bonds is 5. The summed E-state index contributed by atoms with van der Waals surface area (Å²) >= 11 is 0. The van der Waals surface area contributed by atoms with Crippen LogP contribution in [0.4, 0.5) is 0 Å². The summed E-state index contributed by atoms with van der Waals surface area (Å²) in [6.45, 7) is 0.891. The summed E-state index contributed by atoms with van der Waals surface area (Å²) in [5, 5.41) is 15.4. The lowest BCUT2D eigenvalue weighted by atomic mass is 10.0. The van der Waals surface area contributed by atoms with Gasteiger partial charge in [0.2, 0.25) is 0 Å². The molecule has 0 saturated carbocycles. The van der Waals surface area contributed by atoms with E-state index >= 15 is 0 Å². The van der Waals surface area contributed by atoms with Crippen molar-refractivity contribution in [2.24, 2.45) is 4.99 Å². The number of aliphatic imine (C=N–C) groups is 1. The maximum Gasteiger partial charge on any atom is 0.129 e. The monoisotopic (exact) mass is 657 g/mol. The van der Waals surface area contributed by atoms with Gasteiger partial charge in [0, 0.05) is 22.9 Å². The van der Waals surface area contributed by atoms with Crippen molar-refractivity contribution in [1.29, 1.82) is 0 Å². The molecule has 0 radical (unpaired) electrons. The van der Waals surface area contributed by atoms with Gasteiger partial charge >= 0.3 is 0 Å². The Morgan fingerprint density at radius 2 is 1.31 bits per heavy atom. The molecule has 0 spiro atoms. The number of hydrogen-bond donors (Lipinski definition) is 2. The first kappa shape index (κ1) is 28.8. The molecule has 4 heterocycles. The second kappa shape index (κ2) is 11.3. The van der Waals surface area contributed by atoms with Crippen molar-refractivity contribution in [2.75, 3.05) is 6.54 Å². The lowest BCUT2D eigenvalue weighted by Gasteiger charge is -2.32. The Morgan fingerprint density at radius 3 is 2.18 bits per heavy atom.